The number of rotatable bonds is 2. The summed E-state index contributed by atoms with van der Waals surface area (Å²) in [5, 5.41) is 2.89. The highest BCUT2D eigenvalue weighted by Gasteiger charge is 2.35. The van der Waals surface area contributed by atoms with Crippen LogP contribution in [0.1, 0.15) is 5.56 Å². The molecule has 0 radical (unpaired) electrons. The van der Waals surface area contributed by atoms with E-state index in [0.717, 1.165) is 32.7 Å². The highest BCUT2D eigenvalue weighted by Crippen LogP contribution is 2.15. The van der Waals surface area contributed by atoms with Crippen molar-refractivity contribution in [2.45, 2.75) is 12.6 Å². The van der Waals surface area contributed by atoms with E-state index in [4.69, 9.17) is 0 Å². The van der Waals surface area contributed by atoms with Gasteiger partial charge in [-0.1, -0.05) is 6.07 Å². The fourth-order valence-corrected chi connectivity index (χ4v) is 2.56. The molecule has 1 N–H and O–H groups in total. The number of nitrogens with one attached hydrogen (secondary N) is 1. The number of urea groups is 1. The molecular weight excluding hydrogens is 216 g/mol. The molecule has 3 rings (SSSR count). The summed E-state index contributed by atoms with van der Waals surface area (Å²) < 4.78 is 0. The molecule has 2 saturated heterocycles. The summed E-state index contributed by atoms with van der Waals surface area (Å²) in [7, 11) is 0. The van der Waals surface area contributed by atoms with Crippen LogP contribution in [0.5, 0.6) is 0 Å². The predicted molar refractivity (Wildman–Crippen MR) is 63.4 cm³/mol. The van der Waals surface area contributed by atoms with Crippen LogP contribution in [-0.2, 0) is 6.54 Å². The van der Waals surface area contributed by atoms with E-state index in [1.807, 2.05) is 17.2 Å². The van der Waals surface area contributed by atoms with Crippen LogP contribution in [0.2, 0.25) is 0 Å². The van der Waals surface area contributed by atoms with Crippen molar-refractivity contribution in [2.75, 3.05) is 26.2 Å². The third kappa shape index (κ3) is 2.10. The molecule has 2 amide bonds. The van der Waals surface area contributed by atoms with Crippen LogP contribution >= 0.6 is 0 Å². The molecule has 3 heterocycles. The van der Waals surface area contributed by atoms with Gasteiger partial charge in [-0.25, -0.2) is 4.79 Å². The van der Waals surface area contributed by atoms with Crippen LogP contribution in [0.15, 0.2) is 24.5 Å². The second-order valence-corrected chi connectivity index (χ2v) is 4.63. The van der Waals surface area contributed by atoms with Crippen LogP contribution < -0.4 is 5.32 Å². The summed E-state index contributed by atoms with van der Waals surface area (Å²) >= 11 is 0. The normalized spacial score (nSPS) is 24.6. The number of piperazine rings is 1. The lowest BCUT2D eigenvalue weighted by Gasteiger charge is -2.36. The number of carbonyl (C=O) groups excluding carboxylic acids is 1. The van der Waals surface area contributed by atoms with Gasteiger partial charge in [-0.2, -0.15) is 0 Å². The lowest BCUT2D eigenvalue weighted by molar-refractivity contribution is 0.116. The molecule has 1 aromatic heterocycles. The molecule has 0 aliphatic carbocycles. The van der Waals surface area contributed by atoms with Gasteiger partial charge in [0.25, 0.3) is 0 Å². The zero-order chi connectivity index (χ0) is 11.7. The first-order valence-electron chi connectivity index (χ1n) is 5.98. The van der Waals surface area contributed by atoms with Crippen LogP contribution in [-0.4, -0.2) is 53.0 Å². The molecule has 0 bridgehead atoms. The minimum atomic E-state index is 0.0935. The maximum atomic E-state index is 11.5. The van der Waals surface area contributed by atoms with E-state index in [1.54, 1.807) is 6.20 Å². The number of pyridine rings is 1. The van der Waals surface area contributed by atoms with Crippen molar-refractivity contribution in [3.05, 3.63) is 30.1 Å². The Bertz CT molecular complexity index is 408. The smallest absolute Gasteiger partial charge is 0.317 e. The highest BCUT2D eigenvalue weighted by atomic mass is 16.2. The van der Waals surface area contributed by atoms with Crippen molar-refractivity contribution in [2.24, 2.45) is 0 Å². The maximum Gasteiger partial charge on any atom is 0.317 e. The van der Waals surface area contributed by atoms with E-state index in [2.05, 4.69) is 21.3 Å². The first-order valence-corrected chi connectivity index (χ1v) is 5.98. The molecule has 2 aliphatic rings. The molecule has 17 heavy (non-hydrogen) atoms. The molecule has 90 valence electrons. The van der Waals surface area contributed by atoms with Gasteiger partial charge in [-0.3, -0.25) is 9.88 Å². The largest absolute Gasteiger partial charge is 0.336 e. The first kappa shape index (κ1) is 10.5. The average Bonchev–Trinajstić information content (AvgIpc) is 2.72. The topological polar surface area (TPSA) is 48.5 Å². The molecule has 0 aromatic carbocycles. The van der Waals surface area contributed by atoms with Gasteiger partial charge in [-0.15, -0.1) is 0 Å². The number of carbonyl (C=O) groups is 1. The fourth-order valence-electron chi connectivity index (χ4n) is 2.56. The van der Waals surface area contributed by atoms with Gasteiger partial charge in [0.15, 0.2) is 0 Å². The second-order valence-electron chi connectivity index (χ2n) is 4.63. The number of hydrogen-bond donors (Lipinski definition) is 1. The summed E-state index contributed by atoms with van der Waals surface area (Å²) in [4.78, 5) is 19.9. The van der Waals surface area contributed by atoms with Gasteiger partial charge >= 0.3 is 6.03 Å². The van der Waals surface area contributed by atoms with E-state index in [1.165, 1.54) is 5.56 Å². The molecule has 0 saturated carbocycles. The van der Waals surface area contributed by atoms with Gasteiger partial charge in [0.05, 0.1) is 6.04 Å². The van der Waals surface area contributed by atoms with Gasteiger partial charge < -0.3 is 10.2 Å². The summed E-state index contributed by atoms with van der Waals surface area (Å²) in [5.74, 6) is 0. The van der Waals surface area contributed by atoms with Crippen molar-refractivity contribution in [3.63, 3.8) is 0 Å². The van der Waals surface area contributed by atoms with Gasteiger partial charge in [0.1, 0.15) is 0 Å². The Kier molecular flexibility index (Phi) is 2.68. The fraction of sp³-hybridized carbons (Fsp3) is 0.500. The van der Waals surface area contributed by atoms with Crippen molar-refractivity contribution in [1.82, 2.24) is 20.1 Å². The summed E-state index contributed by atoms with van der Waals surface area (Å²) in [6.07, 6.45) is 3.70. The van der Waals surface area contributed by atoms with Crippen LogP contribution in [0.25, 0.3) is 0 Å². The highest BCUT2D eigenvalue weighted by molar-refractivity contribution is 5.77. The number of fused-ring (bicyclic) bond motifs is 1. The Morgan fingerprint density at radius 3 is 3.24 bits per heavy atom. The second kappa shape index (κ2) is 4.33. The van der Waals surface area contributed by atoms with Gasteiger partial charge in [0, 0.05) is 45.1 Å². The summed E-state index contributed by atoms with van der Waals surface area (Å²) in [6.45, 7) is 4.43. The van der Waals surface area contributed by atoms with Crippen LogP contribution in [0, 0.1) is 0 Å². The van der Waals surface area contributed by atoms with Crippen molar-refractivity contribution >= 4 is 6.03 Å². The minimum Gasteiger partial charge on any atom is -0.336 e. The molecule has 5 heteroatoms. The van der Waals surface area contributed by atoms with Crippen LogP contribution in [0.4, 0.5) is 4.79 Å². The third-order valence-corrected chi connectivity index (χ3v) is 3.45. The number of hydrogen-bond acceptors (Lipinski definition) is 3. The maximum absolute atomic E-state index is 11.5. The zero-order valence-corrected chi connectivity index (χ0v) is 9.67. The van der Waals surface area contributed by atoms with Crippen molar-refractivity contribution in [1.29, 1.82) is 0 Å². The van der Waals surface area contributed by atoms with Gasteiger partial charge in [0.2, 0.25) is 0 Å². The Balaban J connectivity index is 1.62. The molecule has 1 aromatic rings. The Hall–Kier alpha value is -1.62. The summed E-state index contributed by atoms with van der Waals surface area (Å²) in [6, 6.07) is 4.49. The summed E-state index contributed by atoms with van der Waals surface area (Å²) in [5.41, 5.74) is 1.23. The van der Waals surface area contributed by atoms with E-state index < -0.39 is 0 Å². The van der Waals surface area contributed by atoms with Gasteiger partial charge in [-0.05, 0) is 11.6 Å². The molecule has 2 aliphatic heterocycles. The Morgan fingerprint density at radius 2 is 2.41 bits per heavy atom. The van der Waals surface area contributed by atoms with Crippen LogP contribution in [0.3, 0.4) is 0 Å². The monoisotopic (exact) mass is 232 g/mol. The van der Waals surface area contributed by atoms with E-state index >= 15 is 0 Å². The lowest BCUT2D eigenvalue weighted by atomic mass is 10.1. The number of aromatic nitrogens is 1. The molecule has 2 fully saturated rings. The average molecular weight is 232 g/mol. The standard InChI is InChI=1S/C12H16N4O/c17-12-14-7-11-9-15(4-5-16(11)12)8-10-2-1-3-13-6-10/h1-3,6,11H,4-5,7-9H2,(H,14,17)/t11-/m0/s1. The lowest BCUT2D eigenvalue weighted by Crippen LogP contribution is -2.51. The third-order valence-electron chi connectivity index (χ3n) is 3.45. The van der Waals surface area contributed by atoms with Crippen molar-refractivity contribution < 1.29 is 4.79 Å². The molecule has 5 nitrogen and oxygen atoms in total. The Labute approximate surface area is 100 Å². The Morgan fingerprint density at radius 1 is 1.47 bits per heavy atom. The quantitative estimate of drug-likeness (QED) is 0.797. The molecule has 1 atom stereocenters. The van der Waals surface area contributed by atoms with E-state index in [0.29, 0.717) is 6.04 Å². The number of nitrogens with zero attached hydrogens (tertiary/aromatic N) is 3. The molecular formula is C12H16N4O. The SMILES string of the molecule is O=C1NC[C@H]2CN(Cc3cccnc3)CCN12. The van der Waals surface area contributed by atoms with Crippen molar-refractivity contribution in [3.8, 4) is 0 Å². The first-order chi connectivity index (χ1) is 8.33. The van der Waals surface area contributed by atoms with E-state index in [-0.39, 0.29) is 6.03 Å². The molecule has 0 unspecified atom stereocenters. The van der Waals surface area contributed by atoms with E-state index in [9.17, 15) is 4.79 Å². The molecule has 0 spiro atoms. The minimum absolute atomic E-state index is 0.0935. The number of amides is 2. The predicted octanol–water partition coefficient (Wildman–Crippen LogP) is 0.291. The zero-order valence-electron chi connectivity index (χ0n) is 9.67.